The minimum Gasteiger partial charge on any atom is -0.125 e. The second kappa shape index (κ2) is 5.64. The standard InChI is InChI=1S/C17H18S2/c1-12-7-8-13(2)17(9-12)18-11-15-10-14-5-3-4-6-16(14)19-15/h3-9,15H,10-11H2,1-2H3. The van der Waals surface area contributed by atoms with E-state index in [1.54, 1.807) is 0 Å². The lowest BCUT2D eigenvalue weighted by Gasteiger charge is -2.10. The van der Waals surface area contributed by atoms with Crippen LogP contribution in [-0.4, -0.2) is 11.0 Å². The Hall–Kier alpha value is -0.860. The molecule has 0 aliphatic carbocycles. The fraction of sp³-hybridized carbons (Fsp3) is 0.294. The van der Waals surface area contributed by atoms with Gasteiger partial charge in [-0.25, -0.2) is 0 Å². The lowest BCUT2D eigenvalue weighted by Crippen LogP contribution is -2.04. The summed E-state index contributed by atoms with van der Waals surface area (Å²) >= 11 is 4.05. The van der Waals surface area contributed by atoms with Gasteiger partial charge in [0.1, 0.15) is 0 Å². The van der Waals surface area contributed by atoms with Gasteiger partial charge >= 0.3 is 0 Å². The zero-order chi connectivity index (χ0) is 13.2. The van der Waals surface area contributed by atoms with Gasteiger partial charge in [-0.15, -0.1) is 23.5 Å². The summed E-state index contributed by atoms with van der Waals surface area (Å²) in [4.78, 5) is 2.92. The van der Waals surface area contributed by atoms with Crippen LogP contribution in [0.2, 0.25) is 0 Å². The van der Waals surface area contributed by atoms with Gasteiger partial charge in [0.2, 0.25) is 0 Å². The zero-order valence-corrected chi connectivity index (χ0v) is 13.0. The van der Waals surface area contributed by atoms with Crippen molar-refractivity contribution in [2.24, 2.45) is 0 Å². The summed E-state index contributed by atoms with van der Waals surface area (Å²) in [6.45, 7) is 4.38. The lowest BCUT2D eigenvalue weighted by atomic mass is 10.1. The van der Waals surface area contributed by atoms with Gasteiger partial charge in [0.25, 0.3) is 0 Å². The molecule has 1 atom stereocenters. The lowest BCUT2D eigenvalue weighted by molar-refractivity contribution is 0.970. The third-order valence-electron chi connectivity index (χ3n) is 3.48. The molecule has 98 valence electrons. The van der Waals surface area contributed by atoms with Crippen LogP contribution in [0.3, 0.4) is 0 Å². The van der Waals surface area contributed by atoms with Crippen molar-refractivity contribution in [2.75, 3.05) is 5.75 Å². The Bertz CT molecular complexity index is 565. The van der Waals surface area contributed by atoms with E-state index in [0.29, 0.717) is 0 Å². The number of aryl methyl sites for hydroxylation is 2. The van der Waals surface area contributed by atoms with E-state index in [-0.39, 0.29) is 0 Å². The quantitative estimate of drug-likeness (QED) is 0.719. The molecule has 3 rings (SSSR count). The average molecular weight is 286 g/mol. The number of hydrogen-bond donors (Lipinski definition) is 0. The number of fused-ring (bicyclic) bond motifs is 1. The molecule has 19 heavy (non-hydrogen) atoms. The van der Waals surface area contributed by atoms with Crippen LogP contribution >= 0.6 is 23.5 Å². The van der Waals surface area contributed by atoms with Gasteiger partial charge in [-0.3, -0.25) is 0 Å². The van der Waals surface area contributed by atoms with Crippen molar-refractivity contribution < 1.29 is 0 Å². The maximum atomic E-state index is 2.31. The molecule has 0 N–H and O–H groups in total. The molecule has 2 heteroatoms. The van der Waals surface area contributed by atoms with Gasteiger partial charge in [-0.05, 0) is 43.5 Å². The van der Waals surface area contributed by atoms with E-state index in [4.69, 9.17) is 0 Å². The van der Waals surface area contributed by atoms with Crippen LogP contribution in [0.25, 0.3) is 0 Å². The van der Waals surface area contributed by atoms with Crippen molar-refractivity contribution in [3.8, 4) is 0 Å². The van der Waals surface area contributed by atoms with E-state index in [0.717, 1.165) is 5.25 Å². The molecule has 1 unspecified atom stereocenters. The van der Waals surface area contributed by atoms with E-state index >= 15 is 0 Å². The fourth-order valence-corrected chi connectivity index (χ4v) is 5.00. The van der Waals surface area contributed by atoms with Crippen molar-refractivity contribution in [1.29, 1.82) is 0 Å². The van der Waals surface area contributed by atoms with Gasteiger partial charge < -0.3 is 0 Å². The van der Waals surface area contributed by atoms with Crippen LogP contribution < -0.4 is 0 Å². The van der Waals surface area contributed by atoms with Gasteiger partial charge in [0.15, 0.2) is 0 Å². The van der Waals surface area contributed by atoms with Crippen molar-refractivity contribution in [3.05, 3.63) is 59.2 Å². The molecule has 1 aliphatic heterocycles. The first kappa shape index (κ1) is 13.1. The van der Waals surface area contributed by atoms with E-state index in [1.165, 1.54) is 38.7 Å². The molecule has 0 bridgehead atoms. The number of thioether (sulfide) groups is 2. The van der Waals surface area contributed by atoms with E-state index in [1.807, 2.05) is 23.5 Å². The maximum Gasteiger partial charge on any atom is 0.0229 e. The number of rotatable bonds is 3. The minimum atomic E-state index is 0.724. The first-order chi connectivity index (χ1) is 9.22. The molecule has 0 aromatic heterocycles. The van der Waals surface area contributed by atoms with Gasteiger partial charge in [-0.1, -0.05) is 35.9 Å². The summed E-state index contributed by atoms with van der Waals surface area (Å²) in [5, 5.41) is 0.724. The summed E-state index contributed by atoms with van der Waals surface area (Å²) in [7, 11) is 0. The largest absolute Gasteiger partial charge is 0.125 e. The summed E-state index contributed by atoms with van der Waals surface area (Å²) in [6.07, 6.45) is 1.22. The maximum absolute atomic E-state index is 2.31. The summed E-state index contributed by atoms with van der Waals surface area (Å²) in [5.41, 5.74) is 4.28. The fourth-order valence-electron chi connectivity index (χ4n) is 2.39. The Kier molecular flexibility index (Phi) is 3.90. The summed E-state index contributed by atoms with van der Waals surface area (Å²) in [5.74, 6) is 1.20. The molecule has 0 amide bonds. The molecule has 2 aromatic rings. The zero-order valence-electron chi connectivity index (χ0n) is 11.3. The molecule has 0 fully saturated rings. The third-order valence-corrected chi connectivity index (χ3v) is 6.33. The molecule has 0 spiro atoms. The van der Waals surface area contributed by atoms with Gasteiger partial charge in [-0.2, -0.15) is 0 Å². The monoisotopic (exact) mass is 286 g/mol. The predicted octanol–water partition coefficient (Wildman–Crippen LogP) is 5.11. The molecule has 0 radical (unpaired) electrons. The van der Waals surface area contributed by atoms with Gasteiger partial charge in [0.05, 0.1) is 0 Å². The molecule has 0 nitrogen and oxygen atoms in total. The highest BCUT2D eigenvalue weighted by atomic mass is 32.2. The van der Waals surface area contributed by atoms with Crippen LogP contribution in [-0.2, 0) is 6.42 Å². The number of hydrogen-bond acceptors (Lipinski definition) is 2. The smallest absolute Gasteiger partial charge is 0.0229 e. The van der Waals surface area contributed by atoms with Gasteiger partial charge in [0, 0.05) is 20.8 Å². The third kappa shape index (κ3) is 3.01. The van der Waals surface area contributed by atoms with E-state index < -0.39 is 0 Å². The van der Waals surface area contributed by atoms with Crippen LogP contribution in [0.4, 0.5) is 0 Å². The molecular weight excluding hydrogens is 268 g/mol. The van der Waals surface area contributed by atoms with Crippen molar-refractivity contribution >= 4 is 23.5 Å². The Morgan fingerprint density at radius 3 is 2.84 bits per heavy atom. The van der Waals surface area contributed by atoms with Crippen molar-refractivity contribution in [1.82, 2.24) is 0 Å². The molecule has 1 heterocycles. The Morgan fingerprint density at radius 1 is 1.16 bits per heavy atom. The predicted molar refractivity (Wildman–Crippen MR) is 86.4 cm³/mol. The molecule has 0 saturated carbocycles. The first-order valence-corrected chi connectivity index (χ1v) is 8.53. The van der Waals surface area contributed by atoms with E-state index in [2.05, 4.69) is 56.3 Å². The van der Waals surface area contributed by atoms with E-state index in [9.17, 15) is 0 Å². The second-order valence-corrected chi connectivity index (χ2v) is 7.54. The highest BCUT2D eigenvalue weighted by Crippen LogP contribution is 2.39. The number of benzene rings is 2. The van der Waals surface area contributed by atoms with Crippen LogP contribution in [0.1, 0.15) is 16.7 Å². The summed E-state index contributed by atoms with van der Waals surface area (Å²) < 4.78 is 0. The highest BCUT2D eigenvalue weighted by Gasteiger charge is 2.21. The van der Waals surface area contributed by atoms with Crippen LogP contribution in [0.15, 0.2) is 52.3 Å². The normalized spacial score (nSPS) is 17.5. The second-order valence-electron chi connectivity index (χ2n) is 5.13. The summed E-state index contributed by atoms with van der Waals surface area (Å²) in [6, 6.07) is 15.6. The highest BCUT2D eigenvalue weighted by molar-refractivity contribution is 8.03. The average Bonchev–Trinajstić information content (AvgIpc) is 2.82. The topological polar surface area (TPSA) is 0 Å². The van der Waals surface area contributed by atoms with Crippen molar-refractivity contribution in [2.45, 2.75) is 35.3 Å². The van der Waals surface area contributed by atoms with Crippen LogP contribution in [0, 0.1) is 13.8 Å². The SMILES string of the molecule is Cc1ccc(C)c(SCC2Cc3ccccc3S2)c1. The van der Waals surface area contributed by atoms with Crippen LogP contribution in [0.5, 0.6) is 0 Å². The molecule has 2 aromatic carbocycles. The Morgan fingerprint density at radius 2 is 2.00 bits per heavy atom. The molecule has 0 saturated heterocycles. The van der Waals surface area contributed by atoms with Crippen molar-refractivity contribution in [3.63, 3.8) is 0 Å². The molecule has 1 aliphatic rings. The first-order valence-electron chi connectivity index (χ1n) is 6.67. The molecular formula is C17H18S2. The Labute approximate surface area is 124 Å². The Balaban J connectivity index is 1.64. The minimum absolute atomic E-state index is 0.724.